The summed E-state index contributed by atoms with van der Waals surface area (Å²) in [6.45, 7) is 4.82. The Kier molecular flexibility index (Phi) is 4.32. The summed E-state index contributed by atoms with van der Waals surface area (Å²) in [6.07, 6.45) is 2.18. The second kappa shape index (κ2) is 6.56. The quantitative estimate of drug-likeness (QED) is 0.756. The van der Waals surface area contributed by atoms with Crippen LogP contribution in [0, 0.1) is 0 Å². The molecule has 0 aliphatic rings. The Hall–Kier alpha value is -2.76. The largest absolute Gasteiger partial charge is 0.370 e. The van der Waals surface area contributed by atoms with E-state index in [9.17, 15) is 4.79 Å². The molecule has 0 aliphatic carbocycles. The molecule has 3 rings (SSSR count). The van der Waals surface area contributed by atoms with E-state index in [1.54, 1.807) is 12.4 Å². The van der Waals surface area contributed by atoms with Crippen molar-refractivity contribution in [2.75, 3.05) is 11.9 Å². The Balaban J connectivity index is 1.69. The van der Waals surface area contributed by atoms with Crippen LogP contribution in [0.2, 0.25) is 0 Å². The Bertz CT molecular complexity index is 872. The Morgan fingerprint density at radius 2 is 2.04 bits per heavy atom. The predicted molar refractivity (Wildman–Crippen MR) is 90.7 cm³/mol. The summed E-state index contributed by atoms with van der Waals surface area (Å²) in [7, 11) is 0. The Labute approximate surface area is 134 Å². The highest BCUT2D eigenvalue weighted by molar-refractivity contribution is 5.77. The second-order valence-corrected chi connectivity index (χ2v) is 5.69. The average molecular weight is 309 g/mol. The van der Waals surface area contributed by atoms with Gasteiger partial charge in [0.05, 0.1) is 10.9 Å². The lowest BCUT2D eigenvalue weighted by Gasteiger charge is -2.08. The summed E-state index contributed by atoms with van der Waals surface area (Å²) in [5.41, 5.74) is 1.62. The van der Waals surface area contributed by atoms with Crippen molar-refractivity contribution in [3.8, 4) is 0 Å². The molecule has 6 nitrogen and oxygen atoms in total. The van der Waals surface area contributed by atoms with Gasteiger partial charge in [-0.3, -0.25) is 4.79 Å². The van der Waals surface area contributed by atoms with Crippen LogP contribution in [0.25, 0.3) is 10.9 Å². The van der Waals surface area contributed by atoms with Gasteiger partial charge in [-0.15, -0.1) is 0 Å². The van der Waals surface area contributed by atoms with Crippen LogP contribution in [0.4, 0.5) is 5.82 Å². The minimum absolute atomic E-state index is 0.102. The number of nitrogens with zero attached hydrogens (tertiary/aromatic N) is 3. The molecule has 6 heteroatoms. The molecule has 0 unspecified atom stereocenters. The van der Waals surface area contributed by atoms with Crippen LogP contribution in [0.5, 0.6) is 0 Å². The number of aromatic amines is 1. The topological polar surface area (TPSA) is 83.6 Å². The molecule has 0 radical (unpaired) electrons. The summed E-state index contributed by atoms with van der Waals surface area (Å²) >= 11 is 0. The van der Waals surface area contributed by atoms with Crippen LogP contribution in [0.1, 0.15) is 31.3 Å². The maximum absolute atomic E-state index is 12.0. The Morgan fingerprint density at radius 3 is 2.87 bits per heavy atom. The van der Waals surface area contributed by atoms with E-state index in [0.717, 1.165) is 17.0 Å². The van der Waals surface area contributed by atoms with E-state index in [-0.39, 0.29) is 5.56 Å². The van der Waals surface area contributed by atoms with E-state index in [1.165, 1.54) is 0 Å². The highest BCUT2D eigenvalue weighted by Gasteiger charge is 2.05. The van der Waals surface area contributed by atoms with E-state index < -0.39 is 0 Å². The number of H-pyrrole nitrogens is 1. The molecular formula is C17H19N5O. The minimum atomic E-state index is -0.102. The number of aromatic nitrogens is 4. The molecule has 0 aliphatic heterocycles. The molecule has 0 saturated carbocycles. The van der Waals surface area contributed by atoms with Crippen molar-refractivity contribution in [3.05, 3.63) is 58.5 Å². The summed E-state index contributed by atoms with van der Waals surface area (Å²) in [4.78, 5) is 27.8. The lowest BCUT2D eigenvalue weighted by atomic mass is 10.1. The normalized spacial score (nSPS) is 11.1. The van der Waals surface area contributed by atoms with Crippen molar-refractivity contribution in [1.29, 1.82) is 0 Å². The SMILES string of the molecule is CC(C)c1cc(NCCc2nc3ccccc3c(=O)[nH]2)ncn1. The molecule has 118 valence electrons. The average Bonchev–Trinajstić information content (AvgIpc) is 2.55. The lowest BCUT2D eigenvalue weighted by Crippen LogP contribution is -2.15. The van der Waals surface area contributed by atoms with Gasteiger partial charge in [-0.2, -0.15) is 0 Å². The first-order valence-electron chi connectivity index (χ1n) is 7.67. The second-order valence-electron chi connectivity index (χ2n) is 5.69. The van der Waals surface area contributed by atoms with Gasteiger partial charge in [0.1, 0.15) is 18.0 Å². The number of fused-ring (bicyclic) bond motifs is 1. The van der Waals surface area contributed by atoms with Gasteiger partial charge in [0.25, 0.3) is 5.56 Å². The van der Waals surface area contributed by atoms with Crippen LogP contribution in [-0.2, 0) is 6.42 Å². The summed E-state index contributed by atoms with van der Waals surface area (Å²) in [5, 5.41) is 3.86. The molecule has 23 heavy (non-hydrogen) atoms. The minimum Gasteiger partial charge on any atom is -0.370 e. The third kappa shape index (κ3) is 3.53. The molecule has 0 spiro atoms. The van der Waals surface area contributed by atoms with Crippen LogP contribution in [0.3, 0.4) is 0 Å². The van der Waals surface area contributed by atoms with Gasteiger partial charge in [-0.05, 0) is 18.1 Å². The number of benzene rings is 1. The van der Waals surface area contributed by atoms with E-state index in [1.807, 2.05) is 24.3 Å². The molecule has 2 aromatic heterocycles. The molecule has 0 fully saturated rings. The predicted octanol–water partition coefficient (Wildman–Crippen LogP) is 2.49. The van der Waals surface area contributed by atoms with Gasteiger partial charge >= 0.3 is 0 Å². The fourth-order valence-electron chi connectivity index (χ4n) is 2.35. The molecule has 2 heterocycles. The summed E-state index contributed by atoms with van der Waals surface area (Å²) in [6, 6.07) is 9.28. The van der Waals surface area contributed by atoms with Gasteiger partial charge < -0.3 is 10.3 Å². The van der Waals surface area contributed by atoms with Crippen molar-refractivity contribution in [2.24, 2.45) is 0 Å². The third-order valence-corrected chi connectivity index (χ3v) is 3.61. The molecular weight excluding hydrogens is 290 g/mol. The van der Waals surface area contributed by atoms with Crippen LogP contribution in [0.15, 0.2) is 41.5 Å². The molecule has 3 aromatic rings. The standard InChI is InChI=1S/C17H19N5O/c1-11(2)14-9-16(20-10-19-14)18-8-7-15-21-13-6-4-3-5-12(13)17(23)22-15/h3-6,9-11H,7-8H2,1-2H3,(H,18,19,20)(H,21,22,23). The van der Waals surface area contributed by atoms with Crippen LogP contribution in [-0.4, -0.2) is 26.5 Å². The third-order valence-electron chi connectivity index (χ3n) is 3.61. The summed E-state index contributed by atoms with van der Waals surface area (Å²) < 4.78 is 0. The molecule has 1 aromatic carbocycles. The fourth-order valence-corrected chi connectivity index (χ4v) is 2.35. The van der Waals surface area contributed by atoms with Crippen LogP contribution >= 0.6 is 0 Å². The van der Waals surface area contributed by atoms with Gasteiger partial charge in [0.15, 0.2) is 0 Å². The first-order chi connectivity index (χ1) is 11.1. The zero-order valence-corrected chi connectivity index (χ0v) is 13.2. The van der Waals surface area contributed by atoms with Crippen molar-refractivity contribution in [2.45, 2.75) is 26.2 Å². The van der Waals surface area contributed by atoms with E-state index in [4.69, 9.17) is 0 Å². The lowest BCUT2D eigenvalue weighted by molar-refractivity contribution is 0.812. The molecule has 0 saturated heterocycles. The van der Waals surface area contributed by atoms with Crippen molar-refractivity contribution in [1.82, 2.24) is 19.9 Å². The number of para-hydroxylation sites is 1. The smallest absolute Gasteiger partial charge is 0.258 e. The Morgan fingerprint density at radius 1 is 1.22 bits per heavy atom. The molecule has 0 amide bonds. The molecule has 0 bridgehead atoms. The zero-order valence-electron chi connectivity index (χ0n) is 13.2. The van der Waals surface area contributed by atoms with Gasteiger partial charge in [-0.25, -0.2) is 15.0 Å². The maximum Gasteiger partial charge on any atom is 0.258 e. The number of rotatable bonds is 5. The first kappa shape index (κ1) is 15.1. The first-order valence-corrected chi connectivity index (χ1v) is 7.67. The monoisotopic (exact) mass is 309 g/mol. The van der Waals surface area contributed by atoms with E-state index in [2.05, 4.69) is 39.1 Å². The number of nitrogens with one attached hydrogen (secondary N) is 2. The zero-order chi connectivity index (χ0) is 16.2. The summed E-state index contributed by atoms with van der Waals surface area (Å²) in [5.74, 6) is 1.81. The fraction of sp³-hybridized carbons (Fsp3) is 0.294. The van der Waals surface area contributed by atoms with Gasteiger partial charge in [-0.1, -0.05) is 26.0 Å². The van der Waals surface area contributed by atoms with Crippen molar-refractivity contribution in [3.63, 3.8) is 0 Å². The van der Waals surface area contributed by atoms with Gasteiger partial charge in [0, 0.05) is 24.7 Å². The van der Waals surface area contributed by atoms with Crippen molar-refractivity contribution >= 4 is 16.7 Å². The molecule has 2 N–H and O–H groups in total. The molecule has 0 atom stereocenters. The number of hydrogen-bond acceptors (Lipinski definition) is 5. The van der Waals surface area contributed by atoms with E-state index in [0.29, 0.717) is 30.1 Å². The number of hydrogen-bond donors (Lipinski definition) is 2. The highest BCUT2D eigenvalue weighted by atomic mass is 16.1. The van der Waals surface area contributed by atoms with E-state index >= 15 is 0 Å². The maximum atomic E-state index is 12.0. The highest BCUT2D eigenvalue weighted by Crippen LogP contribution is 2.13. The van der Waals surface area contributed by atoms with Crippen LogP contribution < -0.4 is 10.9 Å². The van der Waals surface area contributed by atoms with Crippen molar-refractivity contribution < 1.29 is 0 Å². The van der Waals surface area contributed by atoms with Gasteiger partial charge in [0.2, 0.25) is 0 Å². The number of anilines is 1.